The molecule has 3 unspecified atom stereocenters. The van der Waals surface area contributed by atoms with Crippen molar-refractivity contribution in [2.45, 2.75) is 82.5 Å². The van der Waals surface area contributed by atoms with E-state index in [9.17, 15) is 5.11 Å². The summed E-state index contributed by atoms with van der Waals surface area (Å²) in [6.07, 6.45) is 12.6. The van der Waals surface area contributed by atoms with Crippen molar-refractivity contribution in [3.63, 3.8) is 0 Å². The Morgan fingerprint density at radius 3 is 2.41 bits per heavy atom. The molecule has 5 fully saturated rings. The van der Waals surface area contributed by atoms with E-state index in [1.54, 1.807) is 0 Å². The number of aliphatic hydroxyl groups is 1. The largest absolute Gasteiger partial charge is 0.393 e. The van der Waals surface area contributed by atoms with E-state index in [1.165, 1.54) is 57.1 Å². The van der Waals surface area contributed by atoms with Gasteiger partial charge in [-0.3, -0.25) is 0 Å². The first-order valence-corrected chi connectivity index (χ1v) is 10.8. The molecular weight excluding hydrogens is 288 g/mol. The summed E-state index contributed by atoms with van der Waals surface area (Å²) in [5.74, 6) is 5.19. The maximum absolute atomic E-state index is 10.5. The molecule has 124 valence electrons. The van der Waals surface area contributed by atoms with E-state index in [4.69, 9.17) is 0 Å². The zero-order valence-corrected chi connectivity index (χ0v) is 15.1. The van der Waals surface area contributed by atoms with E-state index < -0.39 is 0 Å². The summed E-state index contributed by atoms with van der Waals surface area (Å²) in [4.78, 5) is 0. The lowest BCUT2D eigenvalue weighted by Crippen LogP contribution is -2.54. The first-order valence-electron chi connectivity index (χ1n) is 9.79. The lowest BCUT2D eigenvalue weighted by atomic mass is 9.44. The Balaban J connectivity index is 1.44. The predicted octanol–water partition coefficient (Wildman–Crippen LogP) is 4.88. The highest BCUT2D eigenvalue weighted by atomic mass is 32.2. The Labute approximate surface area is 140 Å². The van der Waals surface area contributed by atoms with Gasteiger partial charge in [0.15, 0.2) is 0 Å². The number of thioether (sulfide) groups is 1. The van der Waals surface area contributed by atoms with Crippen LogP contribution in [0.15, 0.2) is 0 Å². The van der Waals surface area contributed by atoms with Gasteiger partial charge in [-0.2, -0.15) is 11.8 Å². The van der Waals surface area contributed by atoms with Gasteiger partial charge in [0.25, 0.3) is 0 Å². The average Bonchev–Trinajstić information content (AvgIpc) is 3.19. The van der Waals surface area contributed by atoms with E-state index in [0.717, 1.165) is 34.8 Å². The summed E-state index contributed by atoms with van der Waals surface area (Å²) in [6, 6.07) is 0. The van der Waals surface area contributed by atoms with E-state index in [0.29, 0.717) is 5.41 Å². The molecule has 0 aromatic heterocycles. The number of hydrogen-bond donors (Lipinski definition) is 1. The van der Waals surface area contributed by atoms with Crippen molar-refractivity contribution < 1.29 is 5.11 Å². The van der Waals surface area contributed by atoms with Crippen LogP contribution < -0.4 is 0 Å². The molecule has 22 heavy (non-hydrogen) atoms. The van der Waals surface area contributed by atoms with Crippen LogP contribution in [0.25, 0.3) is 0 Å². The minimum Gasteiger partial charge on any atom is -0.393 e. The van der Waals surface area contributed by atoms with Gasteiger partial charge < -0.3 is 5.11 Å². The molecule has 4 saturated carbocycles. The Morgan fingerprint density at radius 1 is 0.864 bits per heavy atom. The minimum absolute atomic E-state index is 0.0125. The van der Waals surface area contributed by atoms with Crippen molar-refractivity contribution in [1.29, 1.82) is 0 Å². The number of fused-ring (bicyclic) bond motifs is 5. The van der Waals surface area contributed by atoms with Crippen molar-refractivity contribution >= 4 is 11.8 Å². The fraction of sp³-hybridized carbons (Fsp3) is 1.00. The summed E-state index contributed by atoms with van der Waals surface area (Å²) in [5.41, 5.74) is 0.888. The van der Waals surface area contributed by atoms with Crippen LogP contribution in [0.5, 0.6) is 0 Å². The van der Waals surface area contributed by atoms with Crippen LogP contribution in [0.2, 0.25) is 0 Å². The van der Waals surface area contributed by atoms with Crippen molar-refractivity contribution in [2.24, 2.45) is 34.5 Å². The fourth-order valence-corrected chi connectivity index (χ4v) is 8.68. The minimum atomic E-state index is -0.0125. The van der Waals surface area contributed by atoms with Crippen LogP contribution in [-0.4, -0.2) is 21.7 Å². The molecule has 2 heteroatoms. The Hall–Kier alpha value is 0.310. The first-order chi connectivity index (χ1) is 10.5. The monoisotopic (exact) mass is 320 g/mol. The molecule has 1 N–H and O–H groups in total. The Morgan fingerprint density at radius 2 is 1.64 bits per heavy atom. The van der Waals surface area contributed by atoms with E-state index in [-0.39, 0.29) is 11.5 Å². The molecular formula is C20H32OS. The van der Waals surface area contributed by atoms with Crippen molar-refractivity contribution in [2.75, 3.05) is 5.75 Å². The van der Waals surface area contributed by atoms with E-state index in [2.05, 4.69) is 25.6 Å². The zero-order chi connectivity index (χ0) is 15.2. The SMILES string of the molecule is C[C@]12CCC3C(CC[C@H]4C[C@]5(CC[C@]34C)CS5)C1CC[C@@H]2O. The van der Waals surface area contributed by atoms with Crippen LogP contribution in [0.1, 0.15) is 71.6 Å². The average molecular weight is 321 g/mol. The highest BCUT2D eigenvalue weighted by molar-refractivity contribution is 8.07. The second-order valence-corrected chi connectivity index (χ2v) is 11.4. The van der Waals surface area contributed by atoms with Crippen molar-refractivity contribution in [1.82, 2.24) is 0 Å². The summed E-state index contributed by atoms with van der Waals surface area (Å²) in [5, 5.41) is 10.5. The third kappa shape index (κ3) is 1.78. The first kappa shape index (κ1) is 14.6. The van der Waals surface area contributed by atoms with Gasteiger partial charge in [0.05, 0.1) is 6.10 Å². The standard InChI is InChI=1S/C20H32OS/c1-18-9-10-20(12-22-20)11-13(18)3-4-14-15-5-6-17(21)19(15,2)8-7-16(14)18/h13-17,21H,3-12H2,1-2H3/t13-,14?,15?,16?,17-,18-,19-,20+/m0/s1. The van der Waals surface area contributed by atoms with Crippen LogP contribution >= 0.6 is 11.8 Å². The molecule has 5 rings (SSSR count). The molecule has 1 nitrogen and oxygen atoms in total. The van der Waals surface area contributed by atoms with Gasteiger partial charge in [0.1, 0.15) is 0 Å². The summed E-state index contributed by atoms with van der Waals surface area (Å²) in [6.45, 7) is 5.08. The maximum atomic E-state index is 10.5. The Bertz CT molecular complexity index is 486. The predicted molar refractivity (Wildman–Crippen MR) is 92.9 cm³/mol. The molecule has 8 atom stereocenters. The van der Waals surface area contributed by atoms with Crippen molar-refractivity contribution in [3.05, 3.63) is 0 Å². The van der Waals surface area contributed by atoms with Gasteiger partial charge in [0, 0.05) is 10.5 Å². The zero-order valence-electron chi connectivity index (χ0n) is 14.3. The second kappa shape index (κ2) is 4.48. The third-order valence-corrected chi connectivity index (χ3v) is 10.8. The quantitative estimate of drug-likeness (QED) is 0.642. The lowest BCUT2D eigenvalue weighted by Gasteiger charge is -2.61. The topological polar surface area (TPSA) is 20.2 Å². The molecule has 4 aliphatic carbocycles. The van der Waals surface area contributed by atoms with Crippen LogP contribution in [0.3, 0.4) is 0 Å². The molecule has 1 heterocycles. The van der Waals surface area contributed by atoms with Crippen LogP contribution in [0.4, 0.5) is 0 Å². The fourth-order valence-electron chi connectivity index (χ4n) is 7.64. The summed E-state index contributed by atoms with van der Waals surface area (Å²) in [7, 11) is 0. The smallest absolute Gasteiger partial charge is 0.0596 e. The van der Waals surface area contributed by atoms with E-state index >= 15 is 0 Å². The van der Waals surface area contributed by atoms with Gasteiger partial charge in [-0.15, -0.1) is 0 Å². The van der Waals surface area contributed by atoms with Gasteiger partial charge in [-0.05, 0) is 92.3 Å². The summed E-state index contributed by atoms with van der Waals surface area (Å²) >= 11 is 2.26. The van der Waals surface area contributed by atoms with Crippen molar-refractivity contribution in [3.8, 4) is 0 Å². The molecule has 1 aliphatic heterocycles. The second-order valence-electron chi connectivity index (χ2n) is 9.97. The van der Waals surface area contributed by atoms with Gasteiger partial charge in [-0.25, -0.2) is 0 Å². The molecule has 0 aromatic rings. The molecule has 1 spiro atoms. The molecule has 0 radical (unpaired) electrons. The normalized spacial score (nSPS) is 63.1. The highest BCUT2D eigenvalue weighted by Gasteiger charge is 2.62. The third-order valence-electron chi connectivity index (χ3n) is 9.31. The summed E-state index contributed by atoms with van der Waals surface area (Å²) < 4.78 is 0.740. The molecule has 0 bridgehead atoms. The van der Waals surface area contributed by atoms with E-state index in [1.807, 2.05) is 0 Å². The highest BCUT2D eigenvalue weighted by Crippen LogP contribution is 2.69. The number of hydrogen-bond acceptors (Lipinski definition) is 2. The van der Waals surface area contributed by atoms with Gasteiger partial charge >= 0.3 is 0 Å². The van der Waals surface area contributed by atoms with Gasteiger partial charge in [0.2, 0.25) is 0 Å². The molecule has 5 aliphatic rings. The molecule has 1 saturated heterocycles. The molecule has 0 aromatic carbocycles. The number of aliphatic hydroxyl groups excluding tert-OH is 1. The number of rotatable bonds is 0. The van der Waals surface area contributed by atoms with Crippen LogP contribution in [-0.2, 0) is 0 Å². The van der Waals surface area contributed by atoms with Gasteiger partial charge in [-0.1, -0.05) is 13.8 Å². The maximum Gasteiger partial charge on any atom is 0.0596 e. The molecule has 0 amide bonds. The Kier molecular flexibility index (Phi) is 2.98. The lowest BCUT2D eigenvalue weighted by molar-refractivity contribution is -0.122. The van der Waals surface area contributed by atoms with Crippen LogP contribution in [0, 0.1) is 34.5 Å².